The minimum Gasteiger partial charge on any atom is -0.400 e. The Morgan fingerprint density at radius 2 is 1.80 bits per heavy atom. The van der Waals surface area contributed by atoms with Crippen molar-refractivity contribution in [3.63, 3.8) is 0 Å². The van der Waals surface area contributed by atoms with E-state index in [1.54, 1.807) is 0 Å². The standard InChI is InChI=1S/C19H22N4O2/c1-11(2)14-5-4-12(3)15(16(14)25)19(10-22)17(23)13(7-24)6-18(19,8-20)9-21/h7,11-12,14-15H,4-6,23H2,1-3H3/t12-,14-,15-,19+/m0/s1. The lowest BCUT2D eigenvalue weighted by molar-refractivity contribution is -0.138. The number of ketones is 1. The van der Waals surface area contributed by atoms with E-state index in [2.05, 4.69) is 6.07 Å². The van der Waals surface area contributed by atoms with Gasteiger partial charge >= 0.3 is 0 Å². The molecule has 1 fully saturated rings. The molecule has 0 spiro atoms. The number of nitrogens with zero attached hydrogens (tertiary/aromatic N) is 3. The van der Waals surface area contributed by atoms with Gasteiger partial charge in [0.1, 0.15) is 17.5 Å². The van der Waals surface area contributed by atoms with Gasteiger partial charge in [-0.25, -0.2) is 0 Å². The molecule has 0 amide bonds. The Morgan fingerprint density at radius 1 is 1.20 bits per heavy atom. The summed E-state index contributed by atoms with van der Waals surface area (Å²) in [6.45, 7) is 5.74. The first-order valence-electron chi connectivity index (χ1n) is 8.48. The molecule has 0 radical (unpaired) electrons. The third-order valence-corrected chi connectivity index (χ3v) is 6.05. The first-order valence-corrected chi connectivity index (χ1v) is 8.48. The predicted octanol–water partition coefficient (Wildman–Crippen LogP) is 2.23. The van der Waals surface area contributed by atoms with Crippen LogP contribution in [-0.4, -0.2) is 12.1 Å². The smallest absolute Gasteiger partial charge is 0.172 e. The monoisotopic (exact) mass is 338 g/mol. The molecule has 0 saturated heterocycles. The third kappa shape index (κ3) is 2.27. The Bertz CT molecular complexity index is 748. The molecule has 25 heavy (non-hydrogen) atoms. The van der Waals surface area contributed by atoms with E-state index in [1.807, 2.05) is 32.9 Å². The normalized spacial score (nSPS) is 34.3. The topological polar surface area (TPSA) is 132 Å². The van der Waals surface area contributed by atoms with Gasteiger partial charge in [0.2, 0.25) is 0 Å². The maximum absolute atomic E-state index is 13.3. The summed E-state index contributed by atoms with van der Waals surface area (Å²) >= 11 is 0. The van der Waals surface area contributed by atoms with E-state index < -0.39 is 16.7 Å². The zero-order valence-corrected chi connectivity index (χ0v) is 14.7. The van der Waals surface area contributed by atoms with E-state index in [9.17, 15) is 25.4 Å². The molecule has 0 aromatic heterocycles. The van der Waals surface area contributed by atoms with E-state index in [0.29, 0.717) is 19.1 Å². The highest BCUT2D eigenvalue weighted by atomic mass is 16.1. The summed E-state index contributed by atoms with van der Waals surface area (Å²) < 4.78 is 0. The van der Waals surface area contributed by atoms with E-state index in [0.717, 1.165) is 0 Å². The molecular formula is C19H22N4O2. The van der Waals surface area contributed by atoms with Crippen molar-refractivity contribution in [2.24, 2.45) is 40.2 Å². The van der Waals surface area contributed by atoms with Crippen LogP contribution in [0.2, 0.25) is 0 Å². The minimum atomic E-state index is -1.82. The van der Waals surface area contributed by atoms with Gasteiger partial charge in [-0.2, -0.15) is 15.8 Å². The number of hydrogen-bond acceptors (Lipinski definition) is 6. The number of allylic oxidation sites excluding steroid dienone is 2. The van der Waals surface area contributed by atoms with Gasteiger partial charge in [-0.3, -0.25) is 9.59 Å². The van der Waals surface area contributed by atoms with Crippen LogP contribution in [0.15, 0.2) is 11.3 Å². The SMILES string of the molecule is CC(C)[C@@H]1CC[C@H](C)[C@H]([C@]2(C#N)C(N)=C(C=O)CC2(C#N)C#N)C1=O. The molecule has 0 aromatic rings. The number of rotatable bonds is 3. The number of carbonyl (C=O) groups excluding carboxylic acids is 2. The van der Waals surface area contributed by atoms with Crippen molar-refractivity contribution in [1.82, 2.24) is 0 Å². The first kappa shape index (κ1) is 18.7. The number of carbonyl (C=O) groups is 2. The third-order valence-electron chi connectivity index (χ3n) is 6.05. The largest absolute Gasteiger partial charge is 0.400 e. The van der Waals surface area contributed by atoms with Crippen LogP contribution in [0, 0.1) is 68.5 Å². The van der Waals surface area contributed by atoms with Crippen molar-refractivity contribution < 1.29 is 9.59 Å². The second-order valence-corrected chi connectivity index (χ2v) is 7.57. The lowest BCUT2D eigenvalue weighted by Crippen LogP contribution is -2.53. The molecule has 2 aliphatic rings. The zero-order valence-electron chi connectivity index (χ0n) is 14.7. The maximum atomic E-state index is 13.3. The first-order chi connectivity index (χ1) is 11.8. The Balaban J connectivity index is 2.77. The number of nitrogens with two attached hydrogens (primary N) is 1. The van der Waals surface area contributed by atoms with Crippen molar-refractivity contribution in [1.29, 1.82) is 15.8 Å². The van der Waals surface area contributed by atoms with Crippen molar-refractivity contribution in [3.8, 4) is 18.2 Å². The highest BCUT2D eigenvalue weighted by Crippen LogP contribution is 2.61. The predicted molar refractivity (Wildman–Crippen MR) is 88.8 cm³/mol. The highest BCUT2D eigenvalue weighted by molar-refractivity contribution is 5.88. The Morgan fingerprint density at radius 3 is 2.24 bits per heavy atom. The van der Waals surface area contributed by atoms with E-state index in [-0.39, 0.29) is 41.2 Å². The molecule has 0 aliphatic heterocycles. The van der Waals surface area contributed by atoms with Gasteiger partial charge in [-0.05, 0) is 24.7 Å². The molecule has 130 valence electrons. The molecule has 1 saturated carbocycles. The number of Topliss-reactive ketones (excluding diaryl/α,β-unsaturated/α-hetero) is 1. The van der Waals surface area contributed by atoms with Gasteiger partial charge in [-0.15, -0.1) is 0 Å². The second kappa shape index (κ2) is 6.34. The van der Waals surface area contributed by atoms with Crippen molar-refractivity contribution in [2.75, 3.05) is 0 Å². The van der Waals surface area contributed by atoms with Crippen molar-refractivity contribution in [3.05, 3.63) is 11.3 Å². The molecule has 0 heterocycles. The average molecular weight is 338 g/mol. The number of nitriles is 3. The van der Waals surface area contributed by atoms with Gasteiger partial charge in [0.25, 0.3) is 0 Å². The van der Waals surface area contributed by atoms with Gasteiger partial charge in [-0.1, -0.05) is 20.8 Å². The van der Waals surface area contributed by atoms with Crippen molar-refractivity contribution >= 4 is 12.1 Å². The minimum absolute atomic E-state index is 0.0799. The molecule has 6 heteroatoms. The van der Waals surface area contributed by atoms with Crippen LogP contribution in [0.5, 0.6) is 0 Å². The lowest BCUT2D eigenvalue weighted by Gasteiger charge is -2.45. The molecule has 2 aliphatic carbocycles. The van der Waals surface area contributed by atoms with Gasteiger partial charge < -0.3 is 5.73 Å². The van der Waals surface area contributed by atoms with E-state index in [1.165, 1.54) is 0 Å². The van der Waals surface area contributed by atoms with Gasteiger partial charge in [0.15, 0.2) is 5.41 Å². The molecule has 6 nitrogen and oxygen atoms in total. The summed E-state index contributed by atoms with van der Waals surface area (Å²) in [6, 6.07) is 5.93. The second-order valence-electron chi connectivity index (χ2n) is 7.57. The van der Waals surface area contributed by atoms with Crippen LogP contribution >= 0.6 is 0 Å². The summed E-state index contributed by atoms with van der Waals surface area (Å²) in [4.78, 5) is 24.7. The number of aldehydes is 1. The Kier molecular flexibility index (Phi) is 4.74. The fraction of sp³-hybridized carbons (Fsp3) is 0.632. The lowest BCUT2D eigenvalue weighted by atomic mass is 9.52. The van der Waals surface area contributed by atoms with Crippen LogP contribution < -0.4 is 5.73 Å². The fourth-order valence-electron chi connectivity index (χ4n) is 4.61. The summed E-state index contributed by atoms with van der Waals surface area (Å²) in [5.74, 6) is -1.34. The summed E-state index contributed by atoms with van der Waals surface area (Å²) in [6.07, 6.45) is 1.70. The molecule has 0 unspecified atom stereocenters. The van der Waals surface area contributed by atoms with Crippen LogP contribution in [0.25, 0.3) is 0 Å². The molecule has 4 atom stereocenters. The summed E-state index contributed by atoms with van der Waals surface area (Å²) in [5, 5.41) is 29.6. The van der Waals surface area contributed by atoms with Gasteiger partial charge in [0, 0.05) is 29.5 Å². The molecular weight excluding hydrogens is 316 g/mol. The van der Waals surface area contributed by atoms with Crippen LogP contribution in [0.4, 0.5) is 0 Å². The van der Waals surface area contributed by atoms with Crippen LogP contribution in [0.3, 0.4) is 0 Å². The summed E-state index contributed by atoms with van der Waals surface area (Å²) in [5.41, 5.74) is 2.55. The Hall–Kier alpha value is -2.65. The van der Waals surface area contributed by atoms with Gasteiger partial charge in [0.05, 0.1) is 18.2 Å². The van der Waals surface area contributed by atoms with Crippen LogP contribution in [0.1, 0.15) is 40.0 Å². The maximum Gasteiger partial charge on any atom is 0.172 e. The molecule has 0 bridgehead atoms. The molecule has 2 rings (SSSR count). The highest BCUT2D eigenvalue weighted by Gasteiger charge is 2.68. The fourth-order valence-corrected chi connectivity index (χ4v) is 4.61. The molecule has 0 aromatic carbocycles. The average Bonchev–Trinajstić information content (AvgIpc) is 2.84. The van der Waals surface area contributed by atoms with Crippen molar-refractivity contribution in [2.45, 2.75) is 40.0 Å². The summed E-state index contributed by atoms with van der Waals surface area (Å²) in [7, 11) is 0. The van der Waals surface area contributed by atoms with E-state index in [4.69, 9.17) is 5.73 Å². The zero-order chi connectivity index (χ0) is 19.0. The Labute approximate surface area is 147 Å². The van der Waals surface area contributed by atoms with Crippen LogP contribution in [-0.2, 0) is 9.59 Å². The quantitative estimate of drug-likeness (QED) is 0.785. The molecule has 2 N–H and O–H groups in total. The van der Waals surface area contributed by atoms with E-state index >= 15 is 0 Å². The number of hydrogen-bond donors (Lipinski definition) is 1.